The number of ether oxygens (including phenoxy) is 1. The SMILES string of the molecule is Cc1sc(NC(=O)COc2ccccc2)nc1-c1ccc2c(c1)CCN2C(=O)C(C)(C)C. The van der Waals surface area contributed by atoms with Gasteiger partial charge >= 0.3 is 0 Å². The molecule has 7 heteroatoms. The smallest absolute Gasteiger partial charge is 0.264 e. The van der Waals surface area contributed by atoms with Crippen LogP contribution in [0, 0.1) is 12.3 Å². The fourth-order valence-corrected chi connectivity index (χ4v) is 4.56. The van der Waals surface area contributed by atoms with Crippen molar-refractivity contribution in [2.24, 2.45) is 5.41 Å². The number of thiazole rings is 1. The van der Waals surface area contributed by atoms with E-state index < -0.39 is 5.41 Å². The molecule has 2 amide bonds. The van der Waals surface area contributed by atoms with Gasteiger partial charge in [-0.05, 0) is 43.2 Å². The van der Waals surface area contributed by atoms with Crippen LogP contribution in [0.3, 0.4) is 0 Å². The van der Waals surface area contributed by atoms with Crippen molar-refractivity contribution in [2.75, 3.05) is 23.4 Å². The highest BCUT2D eigenvalue weighted by molar-refractivity contribution is 7.16. The zero-order valence-electron chi connectivity index (χ0n) is 18.8. The molecule has 0 spiro atoms. The summed E-state index contributed by atoms with van der Waals surface area (Å²) in [5.41, 5.74) is 3.55. The van der Waals surface area contributed by atoms with Gasteiger partial charge in [0.15, 0.2) is 11.7 Å². The van der Waals surface area contributed by atoms with Gasteiger partial charge in [0.1, 0.15) is 5.75 Å². The van der Waals surface area contributed by atoms with E-state index in [0.29, 0.717) is 17.4 Å². The quantitative estimate of drug-likeness (QED) is 0.590. The monoisotopic (exact) mass is 449 g/mol. The molecule has 2 heterocycles. The van der Waals surface area contributed by atoms with E-state index in [4.69, 9.17) is 4.74 Å². The summed E-state index contributed by atoms with van der Waals surface area (Å²) in [6.07, 6.45) is 0.828. The van der Waals surface area contributed by atoms with E-state index >= 15 is 0 Å². The standard InChI is InChI=1S/C25H27N3O3S/c1-16-22(27-24(32-16)26-21(29)15-31-19-8-6-5-7-9-19)18-10-11-20-17(14-18)12-13-28(20)23(30)25(2,3)4/h5-11,14H,12-13,15H2,1-4H3,(H,26,27,29). The van der Waals surface area contributed by atoms with Crippen molar-refractivity contribution in [3.8, 4) is 17.0 Å². The van der Waals surface area contributed by atoms with Crippen molar-refractivity contribution in [3.63, 3.8) is 0 Å². The first kappa shape index (κ1) is 22.0. The number of anilines is 2. The lowest BCUT2D eigenvalue weighted by Gasteiger charge is -2.26. The molecule has 3 aromatic rings. The first-order valence-corrected chi connectivity index (χ1v) is 11.4. The predicted molar refractivity (Wildman–Crippen MR) is 128 cm³/mol. The van der Waals surface area contributed by atoms with Crippen molar-refractivity contribution < 1.29 is 14.3 Å². The number of benzene rings is 2. The van der Waals surface area contributed by atoms with Crippen LogP contribution in [0.15, 0.2) is 48.5 Å². The number of para-hydroxylation sites is 1. The Bertz CT molecular complexity index is 1150. The predicted octanol–water partition coefficient (Wildman–Crippen LogP) is 5.07. The van der Waals surface area contributed by atoms with Gasteiger partial charge in [0, 0.05) is 28.1 Å². The van der Waals surface area contributed by atoms with E-state index in [1.165, 1.54) is 11.3 Å². The number of hydrogen-bond donors (Lipinski definition) is 1. The van der Waals surface area contributed by atoms with Gasteiger partial charge in [0.2, 0.25) is 5.91 Å². The van der Waals surface area contributed by atoms with Crippen LogP contribution in [0.5, 0.6) is 5.75 Å². The van der Waals surface area contributed by atoms with Crippen molar-refractivity contribution in [1.29, 1.82) is 0 Å². The number of amides is 2. The molecule has 32 heavy (non-hydrogen) atoms. The summed E-state index contributed by atoms with van der Waals surface area (Å²) in [5, 5.41) is 3.37. The first-order chi connectivity index (χ1) is 15.2. The van der Waals surface area contributed by atoms with Crippen molar-refractivity contribution >= 4 is 34.0 Å². The van der Waals surface area contributed by atoms with E-state index in [2.05, 4.69) is 16.4 Å². The molecule has 1 aliphatic rings. The molecule has 0 aliphatic carbocycles. The minimum atomic E-state index is -0.414. The maximum absolute atomic E-state index is 12.8. The Balaban J connectivity index is 1.46. The lowest BCUT2D eigenvalue weighted by molar-refractivity contribution is -0.125. The molecular formula is C25H27N3O3S. The van der Waals surface area contributed by atoms with Gasteiger partial charge < -0.3 is 9.64 Å². The van der Waals surface area contributed by atoms with Crippen LogP contribution in [0.25, 0.3) is 11.3 Å². The molecule has 2 aromatic carbocycles. The van der Waals surface area contributed by atoms with Crippen LogP contribution in [-0.2, 0) is 16.0 Å². The van der Waals surface area contributed by atoms with Crippen LogP contribution in [0.1, 0.15) is 31.2 Å². The van der Waals surface area contributed by atoms with Crippen molar-refractivity contribution in [2.45, 2.75) is 34.1 Å². The number of rotatable bonds is 5. The highest BCUT2D eigenvalue weighted by Gasteiger charge is 2.32. The zero-order valence-corrected chi connectivity index (χ0v) is 19.6. The average Bonchev–Trinajstić information content (AvgIpc) is 3.34. The first-order valence-electron chi connectivity index (χ1n) is 10.6. The molecule has 0 bridgehead atoms. The lowest BCUT2D eigenvalue weighted by atomic mass is 9.94. The molecular weight excluding hydrogens is 422 g/mol. The highest BCUT2D eigenvalue weighted by atomic mass is 32.1. The summed E-state index contributed by atoms with van der Waals surface area (Å²) in [7, 11) is 0. The number of carbonyl (C=O) groups excluding carboxylic acids is 2. The maximum atomic E-state index is 12.8. The third kappa shape index (κ3) is 4.67. The number of aryl methyl sites for hydroxylation is 1. The van der Waals surface area contributed by atoms with Crippen molar-refractivity contribution in [3.05, 3.63) is 59.0 Å². The number of nitrogens with one attached hydrogen (secondary N) is 1. The third-order valence-electron chi connectivity index (χ3n) is 5.29. The molecule has 1 aromatic heterocycles. The topological polar surface area (TPSA) is 71.5 Å². The van der Waals surface area contributed by atoms with Gasteiger partial charge in [0.25, 0.3) is 5.91 Å². The minimum absolute atomic E-state index is 0.0749. The normalized spacial score (nSPS) is 13.1. The Morgan fingerprint density at radius 3 is 2.62 bits per heavy atom. The highest BCUT2D eigenvalue weighted by Crippen LogP contribution is 2.37. The van der Waals surface area contributed by atoms with Crippen LogP contribution in [-0.4, -0.2) is 29.9 Å². The van der Waals surface area contributed by atoms with E-state index in [9.17, 15) is 9.59 Å². The van der Waals surface area contributed by atoms with Crippen LogP contribution >= 0.6 is 11.3 Å². The number of carbonyl (C=O) groups is 2. The molecule has 4 rings (SSSR count). The third-order valence-corrected chi connectivity index (χ3v) is 6.18. The van der Waals surface area contributed by atoms with Gasteiger partial charge in [-0.25, -0.2) is 4.98 Å². The number of fused-ring (bicyclic) bond motifs is 1. The summed E-state index contributed by atoms with van der Waals surface area (Å²) in [4.78, 5) is 32.6. The molecule has 1 aliphatic heterocycles. The summed E-state index contributed by atoms with van der Waals surface area (Å²) < 4.78 is 5.50. The summed E-state index contributed by atoms with van der Waals surface area (Å²) >= 11 is 1.44. The largest absolute Gasteiger partial charge is 0.484 e. The summed E-state index contributed by atoms with van der Waals surface area (Å²) in [6.45, 7) is 8.46. The Hall–Kier alpha value is -3.19. The van der Waals surface area contributed by atoms with Crippen LogP contribution in [0.2, 0.25) is 0 Å². The van der Waals surface area contributed by atoms with E-state index in [1.54, 1.807) is 0 Å². The number of nitrogens with zero attached hydrogens (tertiary/aromatic N) is 2. The Morgan fingerprint density at radius 1 is 1.16 bits per heavy atom. The Kier molecular flexibility index (Phi) is 6.02. The van der Waals surface area contributed by atoms with Crippen LogP contribution in [0.4, 0.5) is 10.8 Å². The van der Waals surface area contributed by atoms with E-state index in [-0.39, 0.29) is 18.4 Å². The second kappa shape index (κ2) is 8.74. The maximum Gasteiger partial charge on any atom is 0.264 e. The average molecular weight is 450 g/mol. The second-order valence-corrected chi connectivity index (χ2v) is 10.1. The van der Waals surface area contributed by atoms with E-state index in [1.807, 2.05) is 75.1 Å². The second-order valence-electron chi connectivity index (χ2n) is 8.87. The molecule has 0 atom stereocenters. The van der Waals surface area contributed by atoms with Gasteiger partial charge in [-0.3, -0.25) is 14.9 Å². The van der Waals surface area contributed by atoms with Gasteiger partial charge in [-0.1, -0.05) is 45.0 Å². The fourth-order valence-electron chi connectivity index (χ4n) is 3.70. The van der Waals surface area contributed by atoms with Gasteiger partial charge in [0.05, 0.1) is 5.69 Å². The number of hydrogen-bond acceptors (Lipinski definition) is 5. The van der Waals surface area contributed by atoms with Gasteiger partial charge in [-0.2, -0.15) is 0 Å². The molecule has 1 N–H and O–H groups in total. The molecule has 6 nitrogen and oxygen atoms in total. The molecule has 166 valence electrons. The van der Waals surface area contributed by atoms with Crippen molar-refractivity contribution in [1.82, 2.24) is 4.98 Å². The lowest BCUT2D eigenvalue weighted by Crippen LogP contribution is -2.38. The minimum Gasteiger partial charge on any atom is -0.484 e. The van der Waals surface area contributed by atoms with Crippen LogP contribution < -0.4 is 15.0 Å². The summed E-state index contributed by atoms with van der Waals surface area (Å²) in [6, 6.07) is 15.3. The molecule has 0 fully saturated rings. The molecule has 0 radical (unpaired) electrons. The Labute approximate surface area is 192 Å². The molecule has 0 unspecified atom stereocenters. The molecule has 0 saturated heterocycles. The zero-order chi connectivity index (χ0) is 22.9. The van der Waals surface area contributed by atoms with Gasteiger partial charge in [-0.15, -0.1) is 11.3 Å². The fraction of sp³-hybridized carbons (Fsp3) is 0.320. The Morgan fingerprint density at radius 2 is 1.91 bits per heavy atom. The molecule has 0 saturated carbocycles. The number of aromatic nitrogens is 1. The van der Waals surface area contributed by atoms with E-state index in [0.717, 1.165) is 33.8 Å². The summed E-state index contributed by atoms with van der Waals surface area (Å²) in [5.74, 6) is 0.534.